The molecule has 3 rings (SSSR count). The topological polar surface area (TPSA) is 38.0 Å². The van der Waals surface area contributed by atoms with E-state index in [1.54, 1.807) is 0 Å². The number of aliphatic hydroxyl groups excluding tert-OH is 1. The van der Waals surface area contributed by atoms with Crippen molar-refractivity contribution in [3.8, 4) is 0 Å². The summed E-state index contributed by atoms with van der Waals surface area (Å²) in [5, 5.41) is 15.2. The van der Waals surface area contributed by atoms with Crippen LogP contribution in [0.3, 0.4) is 0 Å². The molecule has 1 aromatic carbocycles. The molecule has 0 amide bonds. The van der Waals surface area contributed by atoms with E-state index in [1.165, 1.54) is 5.56 Å². The second kappa shape index (κ2) is 5.41. The molecule has 20 heavy (non-hydrogen) atoms. The third kappa shape index (κ3) is 2.50. The number of aliphatic hydroxyl groups is 1. The van der Waals surface area contributed by atoms with Gasteiger partial charge in [-0.15, -0.1) is 0 Å². The van der Waals surface area contributed by atoms with E-state index in [1.807, 2.05) is 16.9 Å². The molecule has 0 saturated heterocycles. The lowest BCUT2D eigenvalue weighted by atomic mass is 9.79. The van der Waals surface area contributed by atoms with Crippen molar-refractivity contribution in [3.05, 3.63) is 53.3 Å². The van der Waals surface area contributed by atoms with Crippen LogP contribution in [0.1, 0.15) is 49.2 Å². The van der Waals surface area contributed by atoms with Gasteiger partial charge in [-0.1, -0.05) is 24.3 Å². The fraction of sp³-hybridized carbons (Fsp3) is 0.471. The first-order valence-electron chi connectivity index (χ1n) is 7.45. The molecule has 1 N–H and O–H groups in total. The van der Waals surface area contributed by atoms with Crippen LogP contribution in [0, 0.1) is 5.92 Å². The summed E-state index contributed by atoms with van der Waals surface area (Å²) in [7, 11) is 0. The van der Waals surface area contributed by atoms with E-state index in [-0.39, 0.29) is 12.0 Å². The van der Waals surface area contributed by atoms with Crippen LogP contribution < -0.4 is 0 Å². The Morgan fingerprint density at radius 1 is 1.30 bits per heavy atom. The zero-order valence-corrected chi connectivity index (χ0v) is 12.2. The highest BCUT2D eigenvalue weighted by atomic mass is 16.3. The predicted octanol–water partition coefficient (Wildman–Crippen LogP) is 3.30. The maximum Gasteiger partial charge on any atom is 0.0824 e. The molecule has 0 radical (unpaired) electrons. The Labute approximate surface area is 120 Å². The number of hydrogen-bond donors (Lipinski definition) is 1. The molecule has 3 nitrogen and oxygen atoms in total. The Morgan fingerprint density at radius 2 is 2.10 bits per heavy atom. The molecular formula is C17H22N2O. The van der Waals surface area contributed by atoms with Crippen molar-refractivity contribution >= 4 is 0 Å². The van der Waals surface area contributed by atoms with Gasteiger partial charge in [0.15, 0.2) is 0 Å². The SMILES string of the molecule is CC(C)n1ccc(CC2CCc3ccccc3C2O)n1. The molecule has 2 unspecified atom stereocenters. The molecule has 0 bridgehead atoms. The van der Waals surface area contributed by atoms with Crippen molar-refractivity contribution in [2.45, 2.75) is 45.3 Å². The molecule has 0 saturated carbocycles. The van der Waals surface area contributed by atoms with Crippen LogP contribution >= 0.6 is 0 Å². The third-order valence-electron chi connectivity index (χ3n) is 4.27. The molecule has 1 aliphatic carbocycles. The number of benzene rings is 1. The number of nitrogens with zero attached hydrogens (tertiary/aromatic N) is 2. The molecule has 1 aromatic heterocycles. The fourth-order valence-electron chi connectivity index (χ4n) is 3.06. The Bertz CT molecular complexity index is 588. The lowest BCUT2D eigenvalue weighted by Gasteiger charge is -2.29. The highest BCUT2D eigenvalue weighted by molar-refractivity contribution is 5.32. The number of aryl methyl sites for hydroxylation is 1. The van der Waals surface area contributed by atoms with Crippen LogP contribution in [0.15, 0.2) is 36.5 Å². The van der Waals surface area contributed by atoms with Gasteiger partial charge in [-0.05, 0) is 56.2 Å². The molecule has 0 fully saturated rings. The van der Waals surface area contributed by atoms with Gasteiger partial charge < -0.3 is 5.11 Å². The van der Waals surface area contributed by atoms with Crippen LogP contribution in [0.2, 0.25) is 0 Å². The van der Waals surface area contributed by atoms with Gasteiger partial charge in [0.2, 0.25) is 0 Å². The molecule has 1 aliphatic rings. The van der Waals surface area contributed by atoms with Gasteiger partial charge in [0.25, 0.3) is 0 Å². The number of aromatic nitrogens is 2. The first-order chi connectivity index (χ1) is 9.65. The summed E-state index contributed by atoms with van der Waals surface area (Å²) < 4.78 is 1.98. The monoisotopic (exact) mass is 270 g/mol. The standard InChI is InChI=1S/C17H22N2O/c1-12(2)19-10-9-15(18-19)11-14-8-7-13-5-3-4-6-16(13)17(14)20/h3-6,9-10,12,14,17,20H,7-8,11H2,1-2H3. The third-order valence-corrected chi connectivity index (χ3v) is 4.27. The molecule has 2 atom stereocenters. The normalized spacial score (nSPS) is 22.0. The zero-order valence-electron chi connectivity index (χ0n) is 12.2. The molecule has 3 heteroatoms. The Hall–Kier alpha value is -1.61. The molecule has 2 aromatic rings. The summed E-state index contributed by atoms with van der Waals surface area (Å²) in [6.07, 6.45) is 4.62. The Morgan fingerprint density at radius 3 is 2.85 bits per heavy atom. The van der Waals surface area contributed by atoms with Crippen LogP contribution in [0.5, 0.6) is 0 Å². The van der Waals surface area contributed by atoms with Gasteiger partial charge in [-0.3, -0.25) is 4.68 Å². The van der Waals surface area contributed by atoms with Gasteiger partial charge in [0, 0.05) is 12.2 Å². The highest BCUT2D eigenvalue weighted by Gasteiger charge is 2.28. The van der Waals surface area contributed by atoms with Crippen LogP contribution in [0.25, 0.3) is 0 Å². The maximum absolute atomic E-state index is 10.6. The minimum absolute atomic E-state index is 0.278. The minimum Gasteiger partial charge on any atom is -0.388 e. The van der Waals surface area contributed by atoms with Crippen LogP contribution in [-0.2, 0) is 12.8 Å². The van der Waals surface area contributed by atoms with Crippen molar-refractivity contribution in [2.24, 2.45) is 5.92 Å². The van der Waals surface area contributed by atoms with E-state index >= 15 is 0 Å². The average molecular weight is 270 g/mol. The first kappa shape index (κ1) is 13.4. The van der Waals surface area contributed by atoms with E-state index in [0.717, 1.165) is 30.5 Å². The Balaban J connectivity index is 1.75. The highest BCUT2D eigenvalue weighted by Crippen LogP contribution is 2.35. The van der Waals surface area contributed by atoms with Gasteiger partial charge in [0.1, 0.15) is 0 Å². The second-order valence-electron chi connectivity index (χ2n) is 6.03. The van der Waals surface area contributed by atoms with Crippen molar-refractivity contribution in [2.75, 3.05) is 0 Å². The summed E-state index contributed by atoms with van der Waals surface area (Å²) in [5.74, 6) is 0.278. The van der Waals surface area contributed by atoms with Crippen molar-refractivity contribution < 1.29 is 5.11 Å². The summed E-state index contributed by atoms with van der Waals surface area (Å²) in [4.78, 5) is 0. The molecule has 106 valence electrons. The smallest absolute Gasteiger partial charge is 0.0824 e. The number of rotatable bonds is 3. The van der Waals surface area contributed by atoms with Crippen LogP contribution in [0.4, 0.5) is 0 Å². The van der Waals surface area contributed by atoms with Crippen LogP contribution in [-0.4, -0.2) is 14.9 Å². The van der Waals surface area contributed by atoms with E-state index in [2.05, 4.69) is 43.2 Å². The van der Waals surface area contributed by atoms with E-state index < -0.39 is 0 Å². The van der Waals surface area contributed by atoms with E-state index in [4.69, 9.17) is 0 Å². The van der Waals surface area contributed by atoms with E-state index in [9.17, 15) is 5.11 Å². The lowest BCUT2D eigenvalue weighted by molar-refractivity contribution is 0.0930. The summed E-state index contributed by atoms with van der Waals surface area (Å²) in [5.41, 5.74) is 3.48. The molecule has 0 spiro atoms. The largest absolute Gasteiger partial charge is 0.388 e. The van der Waals surface area contributed by atoms with Gasteiger partial charge >= 0.3 is 0 Å². The number of fused-ring (bicyclic) bond motifs is 1. The van der Waals surface area contributed by atoms with Crippen molar-refractivity contribution in [1.82, 2.24) is 9.78 Å². The molecule has 1 heterocycles. The van der Waals surface area contributed by atoms with Gasteiger partial charge in [0.05, 0.1) is 11.8 Å². The Kier molecular flexibility index (Phi) is 3.62. The molecular weight excluding hydrogens is 248 g/mol. The molecule has 0 aliphatic heterocycles. The average Bonchev–Trinajstić information content (AvgIpc) is 2.91. The van der Waals surface area contributed by atoms with Gasteiger partial charge in [-0.2, -0.15) is 5.10 Å². The second-order valence-corrected chi connectivity index (χ2v) is 6.03. The summed E-state index contributed by atoms with van der Waals surface area (Å²) in [6.45, 7) is 4.25. The van der Waals surface area contributed by atoms with Gasteiger partial charge in [-0.25, -0.2) is 0 Å². The van der Waals surface area contributed by atoms with E-state index in [0.29, 0.717) is 6.04 Å². The quantitative estimate of drug-likeness (QED) is 0.929. The zero-order chi connectivity index (χ0) is 14.1. The predicted molar refractivity (Wildman–Crippen MR) is 79.5 cm³/mol. The minimum atomic E-state index is -0.357. The van der Waals surface area contributed by atoms with Crippen molar-refractivity contribution in [3.63, 3.8) is 0 Å². The van der Waals surface area contributed by atoms with Crippen molar-refractivity contribution in [1.29, 1.82) is 0 Å². The fourth-order valence-corrected chi connectivity index (χ4v) is 3.06. The lowest BCUT2D eigenvalue weighted by Crippen LogP contribution is -2.22. The first-order valence-corrected chi connectivity index (χ1v) is 7.45. The maximum atomic E-state index is 10.6. The number of hydrogen-bond acceptors (Lipinski definition) is 2. The summed E-state index contributed by atoms with van der Waals surface area (Å²) >= 11 is 0. The summed E-state index contributed by atoms with van der Waals surface area (Å²) in [6, 6.07) is 10.7.